The van der Waals surface area contributed by atoms with E-state index >= 15 is 0 Å². The zero-order valence-electron chi connectivity index (χ0n) is 14.8. The molecule has 0 spiro atoms. The van der Waals surface area contributed by atoms with Gasteiger partial charge < -0.3 is 0 Å². The van der Waals surface area contributed by atoms with Crippen LogP contribution in [0.15, 0.2) is 47.4 Å². The molecule has 1 aliphatic rings. The first-order valence-corrected chi connectivity index (χ1v) is 11.8. The molecule has 150 valence electrons. The first-order valence-electron chi connectivity index (χ1n) is 7.99. The molecule has 1 heterocycles. The van der Waals surface area contributed by atoms with E-state index in [9.17, 15) is 21.6 Å². The fourth-order valence-corrected chi connectivity index (χ4v) is 6.37. The summed E-state index contributed by atoms with van der Waals surface area (Å²) >= 11 is 11.8. The molecule has 0 aliphatic carbocycles. The number of hydrogen-bond acceptors (Lipinski definition) is 5. The van der Waals surface area contributed by atoms with Crippen molar-refractivity contribution >= 4 is 60.5 Å². The summed E-state index contributed by atoms with van der Waals surface area (Å²) in [5, 5.41) is 0.471. The van der Waals surface area contributed by atoms with Gasteiger partial charge in [0.15, 0.2) is 0 Å². The lowest BCUT2D eigenvalue weighted by Crippen LogP contribution is -2.32. The van der Waals surface area contributed by atoms with Gasteiger partial charge in [-0.2, -0.15) is 0 Å². The minimum Gasteiger partial charge on any atom is -0.278 e. The predicted octanol–water partition coefficient (Wildman–Crippen LogP) is 3.50. The Morgan fingerprint density at radius 1 is 1.07 bits per heavy atom. The molecule has 11 heteroatoms. The molecular formula is C17H16Cl2N2O5S2. The third kappa shape index (κ3) is 3.84. The highest BCUT2D eigenvalue weighted by atomic mass is 35.5. The molecule has 0 atom stereocenters. The minimum absolute atomic E-state index is 0.0790. The molecule has 0 aromatic heterocycles. The Bertz CT molecular complexity index is 1160. The third-order valence-electron chi connectivity index (χ3n) is 4.14. The summed E-state index contributed by atoms with van der Waals surface area (Å²) in [4.78, 5) is 12.3. The largest absolute Gasteiger partial charge is 0.278 e. The van der Waals surface area contributed by atoms with Crippen LogP contribution in [0.5, 0.6) is 0 Å². The predicted molar refractivity (Wildman–Crippen MR) is 109 cm³/mol. The highest BCUT2D eigenvalue weighted by molar-refractivity contribution is 7.94. The third-order valence-corrected chi connectivity index (χ3v) is 8.10. The molecule has 1 aliphatic heterocycles. The summed E-state index contributed by atoms with van der Waals surface area (Å²) < 4.78 is 52.9. The van der Waals surface area contributed by atoms with Crippen LogP contribution in [0.2, 0.25) is 10.0 Å². The molecule has 2 aromatic rings. The number of carbonyl (C=O) groups excluding carboxylic acids is 1. The minimum atomic E-state index is -4.00. The lowest BCUT2D eigenvalue weighted by atomic mass is 9.95. The van der Waals surface area contributed by atoms with Crippen molar-refractivity contribution in [1.29, 1.82) is 0 Å². The van der Waals surface area contributed by atoms with Gasteiger partial charge in [-0.1, -0.05) is 23.2 Å². The number of rotatable bonds is 4. The zero-order chi connectivity index (χ0) is 20.9. The van der Waals surface area contributed by atoms with Gasteiger partial charge in [0, 0.05) is 5.02 Å². The summed E-state index contributed by atoms with van der Waals surface area (Å²) in [6.45, 7) is 3.09. The van der Waals surface area contributed by atoms with Crippen molar-refractivity contribution in [2.75, 3.05) is 14.8 Å². The van der Waals surface area contributed by atoms with E-state index in [-0.39, 0.29) is 27.0 Å². The second-order valence-electron chi connectivity index (χ2n) is 6.93. The van der Waals surface area contributed by atoms with E-state index in [0.717, 1.165) is 0 Å². The standard InChI is InChI=1S/C17H16Cl2N2O5S2/c1-17(2)10-27(23,24)21(16(17)22)12-4-6-13(7-5-12)28(25,26)20-15-9-11(18)3-8-14(15)19/h3-9,20H,10H2,1-2H3. The molecule has 1 N–H and O–H groups in total. The van der Waals surface area contributed by atoms with Crippen LogP contribution in [0.25, 0.3) is 0 Å². The van der Waals surface area contributed by atoms with Gasteiger partial charge in [0.1, 0.15) is 0 Å². The van der Waals surface area contributed by atoms with Crippen LogP contribution in [0.1, 0.15) is 13.8 Å². The van der Waals surface area contributed by atoms with Gasteiger partial charge in [-0.15, -0.1) is 0 Å². The van der Waals surface area contributed by atoms with Crippen molar-refractivity contribution in [1.82, 2.24) is 0 Å². The maximum Gasteiger partial charge on any atom is 0.261 e. The molecule has 0 bridgehead atoms. The molecule has 0 radical (unpaired) electrons. The van der Waals surface area contributed by atoms with Crippen LogP contribution in [-0.2, 0) is 24.8 Å². The van der Waals surface area contributed by atoms with Crippen LogP contribution < -0.4 is 9.03 Å². The van der Waals surface area contributed by atoms with Gasteiger partial charge in [-0.25, -0.2) is 21.1 Å². The van der Waals surface area contributed by atoms with E-state index in [1.807, 2.05) is 0 Å². The highest BCUT2D eigenvalue weighted by Crippen LogP contribution is 2.36. The number of sulfonamides is 2. The Labute approximate surface area is 173 Å². The van der Waals surface area contributed by atoms with Crippen molar-refractivity contribution in [2.24, 2.45) is 5.41 Å². The summed E-state index contributed by atoms with van der Waals surface area (Å²) in [7, 11) is -7.82. The Kier molecular flexibility index (Phi) is 5.16. The first kappa shape index (κ1) is 20.9. The maximum atomic E-state index is 12.6. The number of hydrogen-bond donors (Lipinski definition) is 1. The summed E-state index contributed by atoms with van der Waals surface area (Å²) in [6.07, 6.45) is 0. The van der Waals surface area contributed by atoms with Gasteiger partial charge in [-0.3, -0.25) is 9.52 Å². The molecule has 7 nitrogen and oxygen atoms in total. The summed E-state index contributed by atoms with van der Waals surface area (Å²) in [5.74, 6) is -0.875. The molecule has 0 saturated carbocycles. The highest BCUT2D eigenvalue weighted by Gasteiger charge is 2.49. The number of amides is 1. The average Bonchev–Trinajstić information content (AvgIpc) is 2.74. The van der Waals surface area contributed by atoms with Gasteiger partial charge in [-0.05, 0) is 56.3 Å². The first-order chi connectivity index (χ1) is 12.8. The zero-order valence-corrected chi connectivity index (χ0v) is 18.0. The van der Waals surface area contributed by atoms with E-state index in [1.165, 1.54) is 42.5 Å². The van der Waals surface area contributed by atoms with Crippen LogP contribution >= 0.6 is 23.2 Å². The van der Waals surface area contributed by atoms with Crippen LogP contribution in [0, 0.1) is 5.41 Å². The fourth-order valence-electron chi connectivity index (χ4n) is 2.80. The normalized spacial score (nSPS) is 18.3. The van der Waals surface area contributed by atoms with Crippen molar-refractivity contribution in [3.05, 3.63) is 52.5 Å². The SMILES string of the molecule is CC1(C)CS(=O)(=O)N(c2ccc(S(=O)(=O)Nc3cc(Cl)ccc3Cl)cc2)C1=O. The van der Waals surface area contributed by atoms with Gasteiger partial charge in [0.05, 0.1) is 32.5 Å². The second-order valence-corrected chi connectivity index (χ2v) is 11.3. The molecule has 1 fully saturated rings. The molecule has 28 heavy (non-hydrogen) atoms. The van der Waals surface area contributed by atoms with E-state index in [0.29, 0.717) is 9.33 Å². The lowest BCUT2D eigenvalue weighted by Gasteiger charge is -2.18. The Morgan fingerprint density at radius 2 is 1.68 bits per heavy atom. The van der Waals surface area contributed by atoms with Crippen molar-refractivity contribution < 1.29 is 21.6 Å². The summed E-state index contributed by atoms with van der Waals surface area (Å²) in [5.41, 5.74) is -0.860. The van der Waals surface area contributed by atoms with Crippen LogP contribution in [0.4, 0.5) is 11.4 Å². The topological polar surface area (TPSA) is 101 Å². The van der Waals surface area contributed by atoms with Gasteiger partial charge in [0.2, 0.25) is 15.9 Å². The molecule has 1 saturated heterocycles. The molecule has 2 aromatic carbocycles. The number of nitrogens with zero attached hydrogens (tertiary/aromatic N) is 1. The smallest absolute Gasteiger partial charge is 0.261 e. The van der Waals surface area contributed by atoms with E-state index in [2.05, 4.69) is 4.72 Å². The van der Waals surface area contributed by atoms with Crippen molar-refractivity contribution in [3.8, 4) is 0 Å². The van der Waals surface area contributed by atoms with Crippen LogP contribution in [-0.4, -0.2) is 28.5 Å². The van der Waals surface area contributed by atoms with Crippen molar-refractivity contribution in [2.45, 2.75) is 18.7 Å². The van der Waals surface area contributed by atoms with E-state index in [4.69, 9.17) is 23.2 Å². The van der Waals surface area contributed by atoms with E-state index in [1.54, 1.807) is 13.8 Å². The lowest BCUT2D eigenvalue weighted by molar-refractivity contribution is -0.123. The fraction of sp³-hybridized carbons (Fsp3) is 0.235. The average molecular weight is 463 g/mol. The maximum absolute atomic E-state index is 12.6. The van der Waals surface area contributed by atoms with Crippen molar-refractivity contribution in [3.63, 3.8) is 0 Å². The number of halogens is 2. The van der Waals surface area contributed by atoms with Crippen LogP contribution in [0.3, 0.4) is 0 Å². The number of anilines is 2. The molecular weight excluding hydrogens is 447 g/mol. The molecule has 1 amide bonds. The molecule has 3 rings (SSSR count). The Balaban J connectivity index is 1.92. The summed E-state index contributed by atoms with van der Waals surface area (Å²) in [6, 6.07) is 9.31. The van der Waals surface area contributed by atoms with Gasteiger partial charge >= 0.3 is 0 Å². The van der Waals surface area contributed by atoms with E-state index < -0.39 is 31.4 Å². The number of benzene rings is 2. The Morgan fingerprint density at radius 3 is 2.21 bits per heavy atom. The number of nitrogens with one attached hydrogen (secondary N) is 1. The monoisotopic (exact) mass is 462 g/mol. The second kappa shape index (κ2) is 6.91. The Hall–Kier alpha value is -1.81. The quantitative estimate of drug-likeness (QED) is 0.748. The van der Waals surface area contributed by atoms with Gasteiger partial charge in [0.25, 0.3) is 10.0 Å². The number of carbonyl (C=O) groups is 1. The molecule has 0 unspecified atom stereocenters.